The highest BCUT2D eigenvalue weighted by Gasteiger charge is 2.31. The highest BCUT2D eigenvalue weighted by molar-refractivity contribution is 8.00. The van der Waals surface area contributed by atoms with E-state index in [9.17, 15) is 18.0 Å². The Bertz CT molecular complexity index is 508. The SMILES string of the molecule is CC(Sc1ccc(C(F)(F)F)cc1C#N)C(=O)O. The molecule has 0 aliphatic carbocycles. The molecule has 18 heavy (non-hydrogen) atoms. The van der Waals surface area contributed by atoms with Gasteiger partial charge in [-0.3, -0.25) is 4.79 Å². The molecule has 0 radical (unpaired) electrons. The Balaban J connectivity index is 3.10. The monoisotopic (exact) mass is 275 g/mol. The van der Waals surface area contributed by atoms with Crippen LogP contribution in [0.3, 0.4) is 0 Å². The summed E-state index contributed by atoms with van der Waals surface area (Å²) in [7, 11) is 0. The number of halogens is 3. The minimum atomic E-state index is -4.52. The summed E-state index contributed by atoms with van der Waals surface area (Å²) >= 11 is 0.833. The molecule has 0 amide bonds. The van der Waals surface area contributed by atoms with Crippen molar-refractivity contribution in [3.63, 3.8) is 0 Å². The van der Waals surface area contributed by atoms with E-state index in [1.807, 2.05) is 0 Å². The lowest BCUT2D eigenvalue weighted by atomic mass is 10.1. The van der Waals surface area contributed by atoms with E-state index in [-0.39, 0.29) is 10.5 Å². The maximum atomic E-state index is 12.4. The van der Waals surface area contributed by atoms with Crippen molar-refractivity contribution in [3.05, 3.63) is 29.3 Å². The third kappa shape index (κ3) is 3.40. The lowest BCUT2D eigenvalue weighted by molar-refractivity contribution is -0.138. The quantitative estimate of drug-likeness (QED) is 0.861. The molecular weight excluding hydrogens is 267 g/mol. The van der Waals surface area contributed by atoms with Gasteiger partial charge < -0.3 is 5.11 Å². The summed E-state index contributed by atoms with van der Waals surface area (Å²) in [6.07, 6.45) is -4.52. The Kier molecular flexibility index (Phi) is 4.24. The normalized spacial score (nSPS) is 12.8. The van der Waals surface area contributed by atoms with Gasteiger partial charge in [0.1, 0.15) is 11.3 Å². The van der Waals surface area contributed by atoms with Crippen LogP contribution in [-0.4, -0.2) is 16.3 Å². The number of aliphatic carboxylic acids is 1. The number of rotatable bonds is 3. The molecular formula is C11H8F3NO2S. The van der Waals surface area contributed by atoms with Crippen LogP contribution in [0.4, 0.5) is 13.2 Å². The number of thioether (sulfide) groups is 1. The van der Waals surface area contributed by atoms with Gasteiger partial charge in [-0.1, -0.05) is 0 Å². The van der Waals surface area contributed by atoms with Gasteiger partial charge in [0.25, 0.3) is 0 Å². The van der Waals surface area contributed by atoms with Crippen molar-refractivity contribution in [1.29, 1.82) is 5.26 Å². The van der Waals surface area contributed by atoms with Crippen molar-refractivity contribution < 1.29 is 23.1 Å². The lowest BCUT2D eigenvalue weighted by Crippen LogP contribution is -2.12. The van der Waals surface area contributed by atoms with Crippen LogP contribution >= 0.6 is 11.8 Å². The molecule has 3 nitrogen and oxygen atoms in total. The van der Waals surface area contributed by atoms with Crippen molar-refractivity contribution in [2.45, 2.75) is 23.2 Å². The first kappa shape index (κ1) is 14.4. The van der Waals surface area contributed by atoms with Crippen LogP contribution in [0.1, 0.15) is 18.1 Å². The standard InChI is InChI=1S/C11H8F3NO2S/c1-6(10(16)17)18-9-3-2-8(11(12,13)14)4-7(9)5-15/h2-4,6H,1H3,(H,16,17). The van der Waals surface area contributed by atoms with Crippen LogP contribution in [0.5, 0.6) is 0 Å². The summed E-state index contributed by atoms with van der Waals surface area (Å²) in [6, 6.07) is 4.31. The predicted molar refractivity (Wildman–Crippen MR) is 59.1 cm³/mol. The number of benzene rings is 1. The molecule has 0 aromatic heterocycles. The van der Waals surface area contributed by atoms with Gasteiger partial charge >= 0.3 is 12.1 Å². The first-order chi connectivity index (χ1) is 8.25. The van der Waals surface area contributed by atoms with Gasteiger partial charge in [-0.25, -0.2) is 0 Å². The van der Waals surface area contributed by atoms with E-state index in [1.54, 1.807) is 6.07 Å². The topological polar surface area (TPSA) is 61.1 Å². The number of nitrogens with zero attached hydrogens (tertiary/aromatic N) is 1. The molecule has 1 rings (SSSR count). The van der Waals surface area contributed by atoms with E-state index >= 15 is 0 Å². The molecule has 1 aromatic carbocycles. The van der Waals surface area contributed by atoms with E-state index in [1.165, 1.54) is 6.92 Å². The molecule has 1 aromatic rings. The average Bonchev–Trinajstić information content (AvgIpc) is 2.27. The van der Waals surface area contributed by atoms with Gasteiger partial charge in [-0.05, 0) is 25.1 Å². The van der Waals surface area contributed by atoms with Crippen molar-refractivity contribution in [2.24, 2.45) is 0 Å². The van der Waals surface area contributed by atoms with E-state index in [2.05, 4.69) is 0 Å². The zero-order chi connectivity index (χ0) is 13.9. The predicted octanol–water partition coefficient (Wildman–Crippen LogP) is 3.14. The highest BCUT2D eigenvalue weighted by Crippen LogP contribution is 2.34. The number of nitriles is 1. The second kappa shape index (κ2) is 5.31. The van der Waals surface area contributed by atoms with Crippen molar-refractivity contribution in [1.82, 2.24) is 0 Å². The summed E-state index contributed by atoms with van der Waals surface area (Å²) < 4.78 is 37.2. The Morgan fingerprint density at radius 3 is 2.56 bits per heavy atom. The Labute approximate surface area is 105 Å². The Morgan fingerprint density at radius 2 is 2.11 bits per heavy atom. The average molecular weight is 275 g/mol. The Morgan fingerprint density at radius 1 is 1.50 bits per heavy atom. The summed E-state index contributed by atoms with van der Waals surface area (Å²) in [4.78, 5) is 10.9. The van der Waals surface area contributed by atoms with Gasteiger partial charge in [-0.2, -0.15) is 18.4 Å². The van der Waals surface area contributed by atoms with Crippen molar-refractivity contribution in [3.8, 4) is 6.07 Å². The highest BCUT2D eigenvalue weighted by atomic mass is 32.2. The maximum absolute atomic E-state index is 12.4. The molecule has 0 bridgehead atoms. The molecule has 0 aliphatic heterocycles. The van der Waals surface area contributed by atoms with Crippen molar-refractivity contribution in [2.75, 3.05) is 0 Å². The largest absolute Gasteiger partial charge is 0.480 e. The van der Waals surface area contributed by atoms with Gasteiger partial charge in [0.2, 0.25) is 0 Å². The van der Waals surface area contributed by atoms with Crippen molar-refractivity contribution >= 4 is 17.7 Å². The number of carboxylic acids is 1. The summed E-state index contributed by atoms with van der Waals surface area (Å²) in [5, 5.41) is 16.6. The smallest absolute Gasteiger partial charge is 0.416 e. The second-order valence-corrected chi connectivity index (χ2v) is 4.80. The summed E-state index contributed by atoms with van der Waals surface area (Å²) in [5.74, 6) is -1.09. The number of alkyl halides is 3. The first-order valence-electron chi connectivity index (χ1n) is 4.76. The van der Waals surface area contributed by atoms with E-state index < -0.39 is 23.0 Å². The molecule has 0 heterocycles. The second-order valence-electron chi connectivity index (χ2n) is 3.42. The zero-order valence-electron chi connectivity index (χ0n) is 9.15. The first-order valence-corrected chi connectivity index (χ1v) is 5.64. The summed E-state index contributed by atoms with van der Waals surface area (Å²) in [6.45, 7) is 1.39. The molecule has 0 aliphatic rings. The number of carbonyl (C=O) groups is 1. The van der Waals surface area contributed by atoms with Gasteiger partial charge in [0, 0.05) is 4.90 Å². The van der Waals surface area contributed by atoms with E-state index in [4.69, 9.17) is 10.4 Å². The fraction of sp³-hybridized carbons (Fsp3) is 0.273. The van der Waals surface area contributed by atoms with Crippen LogP contribution < -0.4 is 0 Å². The van der Waals surface area contributed by atoms with Gasteiger partial charge in [0.15, 0.2) is 0 Å². The van der Waals surface area contributed by atoms with Crippen LogP contribution in [0.2, 0.25) is 0 Å². The van der Waals surface area contributed by atoms with Crippen LogP contribution in [0.15, 0.2) is 23.1 Å². The van der Waals surface area contributed by atoms with E-state index in [0.29, 0.717) is 0 Å². The maximum Gasteiger partial charge on any atom is 0.416 e. The number of hydrogen-bond acceptors (Lipinski definition) is 3. The van der Waals surface area contributed by atoms with Crippen LogP contribution in [-0.2, 0) is 11.0 Å². The molecule has 0 saturated heterocycles. The Hall–Kier alpha value is -1.68. The molecule has 1 unspecified atom stereocenters. The third-order valence-corrected chi connectivity index (χ3v) is 3.24. The minimum absolute atomic E-state index is 0.178. The molecule has 96 valence electrons. The van der Waals surface area contributed by atoms with Crippen LogP contribution in [0, 0.1) is 11.3 Å². The van der Waals surface area contributed by atoms with Gasteiger partial charge in [-0.15, -0.1) is 11.8 Å². The zero-order valence-corrected chi connectivity index (χ0v) is 9.97. The van der Waals surface area contributed by atoms with E-state index in [0.717, 1.165) is 30.0 Å². The lowest BCUT2D eigenvalue weighted by Gasteiger charge is -2.11. The minimum Gasteiger partial charge on any atom is -0.480 e. The summed E-state index contributed by atoms with van der Waals surface area (Å²) in [5.41, 5.74) is -1.10. The molecule has 1 atom stereocenters. The fourth-order valence-corrected chi connectivity index (χ4v) is 2.00. The number of carboxylic acid groups (broad SMARTS) is 1. The molecule has 7 heteroatoms. The number of hydrogen-bond donors (Lipinski definition) is 1. The molecule has 0 spiro atoms. The molecule has 0 saturated carbocycles. The molecule has 1 N–H and O–H groups in total. The van der Waals surface area contributed by atoms with Gasteiger partial charge in [0.05, 0.1) is 11.1 Å². The van der Waals surface area contributed by atoms with Crippen LogP contribution in [0.25, 0.3) is 0 Å². The molecule has 0 fully saturated rings. The fourth-order valence-electron chi connectivity index (χ4n) is 1.14. The third-order valence-electron chi connectivity index (χ3n) is 2.08.